The molecule has 2 nitrogen and oxygen atoms in total. The molecule has 2 aromatic rings. The van der Waals surface area contributed by atoms with Gasteiger partial charge < -0.3 is 0 Å². The maximum Gasteiger partial charge on any atom is 0.178 e. The number of benzene rings is 2. The minimum Gasteiger partial charge on any atom is -0.224 e. The summed E-state index contributed by atoms with van der Waals surface area (Å²) in [5, 5.41) is 0. The second kappa shape index (κ2) is 5.64. The molecule has 0 aromatic heterocycles. The Morgan fingerprint density at radius 3 is 2.19 bits per heavy atom. The maximum absolute atomic E-state index is 12.7. The van der Waals surface area contributed by atoms with E-state index >= 15 is 0 Å². The lowest BCUT2D eigenvalue weighted by Crippen LogP contribution is -2.16. The topological polar surface area (TPSA) is 34.1 Å². The minimum absolute atomic E-state index is 0.123. The van der Waals surface area contributed by atoms with Gasteiger partial charge in [-0.2, -0.15) is 0 Å². The van der Waals surface area contributed by atoms with Crippen molar-refractivity contribution in [3.05, 3.63) is 65.7 Å². The van der Waals surface area contributed by atoms with Gasteiger partial charge in [-0.1, -0.05) is 48.0 Å². The molecule has 0 N–H and O–H groups in total. The van der Waals surface area contributed by atoms with E-state index in [1.165, 1.54) is 0 Å². The lowest BCUT2D eigenvalue weighted by Gasteiger charge is -2.17. The summed E-state index contributed by atoms with van der Waals surface area (Å²) in [6, 6.07) is 17.2. The van der Waals surface area contributed by atoms with Crippen molar-refractivity contribution in [2.45, 2.75) is 30.6 Å². The van der Waals surface area contributed by atoms with Crippen LogP contribution in [-0.2, 0) is 9.84 Å². The van der Waals surface area contributed by atoms with Gasteiger partial charge in [0.25, 0.3) is 0 Å². The summed E-state index contributed by atoms with van der Waals surface area (Å²) in [5.74, 6) is 0.857. The summed E-state index contributed by atoms with van der Waals surface area (Å²) in [4.78, 5) is 0.440. The fourth-order valence-electron chi connectivity index (χ4n) is 2.78. The van der Waals surface area contributed by atoms with Gasteiger partial charge in [-0.3, -0.25) is 0 Å². The van der Waals surface area contributed by atoms with Gasteiger partial charge in [0.15, 0.2) is 9.84 Å². The fraction of sp³-hybridized carbons (Fsp3) is 0.333. The van der Waals surface area contributed by atoms with Crippen molar-refractivity contribution >= 4 is 9.84 Å². The summed E-state index contributed by atoms with van der Waals surface area (Å²) in [7, 11) is -3.23. The normalized spacial score (nSPS) is 16.6. The predicted molar refractivity (Wildman–Crippen MR) is 85.1 cm³/mol. The average Bonchev–Trinajstić information content (AvgIpc) is 3.31. The van der Waals surface area contributed by atoms with Crippen LogP contribution in [0.15, 0.2) is 59.5 Å². The second-order valence-corrected chi connectivity index (χ2v) is 7.98. The van der Waals surface area contributed by atoms with Crippen molar-refractivity contribution < 1.29 is 8.42 Å². The average molecular weight is 300 g/mol. The smallest absolute Gasteiger partial charge is 0.178 e. The molecule has 1 saturated carbocycles. The molecule has 0 bridgehead atoms. The van der Waals surface area contributed by atoms with Crippen molar-refractivity contribution in [1.82, 2.24) is 0 Å². The zero-order valence-corrected chi connectivity index (χ0v) is 13.0. The Bertz CT molecular complexity index is 699. The molecule has 110 valence electrons. The molecule has 21 heavy (non-hydrogen) atoms. The van der Waals surface area contributed by atoms with Crippen LogP contribution in [0, 0.1) is 12.8 Å². The van der Waals surface area contributed by atoms with Crippen LogP contribution in [0.25, 0.3) is 0 Å². The summed E-state index contributed by atoms with van der Waals surface area (Å²) in [6.45, 7) is 1.97. The van der Waals surface area contributed by atoms with Gasteiger partial charge >= 0.3 is 0 Å². The van der Waals surface area contributed by atoms with E-state index in [4.69, 9.17) is 0 Å². The quantitative estimate of drug-likeness (QED) is 0.837. The highest BCUT2D eigenvalue weighted by atomic mass is 32.2. The van der Waals surface area contributed by atoms with Gasteiger partial charge in [0.1, 0.15) is 0 Å². The van der Waals surface area contributed by atoms with E-state index in [1.807, 2.05) is 49.4 Å². The van der Waals surface area contributed by atoms with Gasteiger partial charge in [0, 0.05) is 5.92 Å². The van der Waals surface area contributed by atoms with Crippen LogP contribution < -0.4 is 0 Å². The summed E-state index contributed by atoms with van der Waals surface area (Å²) < 4.78 is 25.3. The summed E-state index contributed by atoms with van der Waals surface area (Å²) >= 11 is 0. The zero-order valence-electron chi connectivity index (χ0n) is 12.2. The first kappa shape index (κ1) is 14.3. The Hall–Kier alpha value is -1.61. The second-order valence-electron chi connectivity index (χ2n) is 5.95. The van der Waals surface area contributed by atoms with Crippen molar-refractivity contribution in [2.75, 3.05) is 5.75 Å². The van der Waals surface area contributed by atoms with Crippen LogP contribution in [-0.4, -0.2) is 14.2 Å². The van der Waals surface area contributed by atoms with Crippen molar-refractivity contribution in [3.8, 4) is 0 Å². The third-order valence-corrected chi connectivity index (χ3v) is 5.99. The third-order valence-electron chi connectivity index (χ3n) is 4.20. The molecular weight excluding hydrogens is 280 g/mol. The van der Waals surface area contributed by atoms with E-state index in [0.717, 1.165) is 24.0 Å². The van der Waals surface area contributed by atoms with Gasteiger partial charge in [0.2, 0.25) is 0 Å². The van der Waals surface area contributed by atoms with E-state index in [9.17, 15) is 8.42 Å². The van der Waals surface area contributed by atoms with Crippen LogP contribution in [0.4, 0.5) is 0 Å². The van der Waals surface area contributed by atoms with Crippen LogP contribution in [0.1, 0.15) is 29.9 Å². The highest BCUT2D eigenvalue weighted by molar-refractivity contribution is 7.91. The number of rotatable bonds is 5. The minimum atomic E-state index is -3.23. The molecule has 1 aliphatic rings. The molecule has 0 heterocycles. The molecule has 1 fully saturated rings. The summed E-state index contributed by atoms with van der Waals surface area (Å²) in [6.07, 6.45) is 2.28. The van der Waals surface area contributed by atoms with E-state index < -0.39 is 9.84 Å². The number of hydrogen-bond acceptors (Lipinski definition) is 2. The monoisotopic (exact) mass is 300 g/mol. The van der Waals surface area contributed by atoms with Crippen molar-refractivity contribution in [2.24, 2.45) is 5.92 Å². The van der Waals surface area contributed by atoms with Crippen LogP contribution in [0.2, 0.25) is 0 Å². The van der Waals surface area contributed by atoms with Gasteiger partial charge in [-0.25, -0.2) is 8.42 Å². The molecule has 1 atom stereocenters. The zero-order chi connectivity index (χ0) is 14.9. The molecule has 0 saturated heterocycles. The van der Waals surface area contributed by atoms with Crippen molar-refractivity contribution in [1.29, 1.82) is 0 Å². The first-order valence-corrected chi connectivity index (χ1v) is 9.06. The highest BCUT2D eigenvalue weighted by Gasteiger charge is 2.35. The molecule has 0 amide bonds. The molecule has 0 aliphatic heterocycles. The standard InChI is InChI=1S/C18H20O2S/c1-14-7-11-17(12-8-14)21(19,20)13-18(16-9-10-16)15-5-3-2-4-6-15/h2-8,11-12,16,18H,9-10,13H2,1H3. The number of hydrogen-bond donors (Lipinski definition) is 0. The van der Waals surface area contributed by atoms with Crippen LogP contribution in [0.3, 0.4) is 0 Å². The summed E-state index contributed by atoms with van der Waals surface area (Å²) in [5.41, 5.74) is 2.23. The Morgan fingerprint density at radius 1 is 1.00 bits per heavy atom. The van der Waals surface area contributed by atoms with Crippen LogP contribution in [0.5, 0.6) is 0 Å². The van der Waals surface area contributed by atoms with Gasteiger partial charge in [-0.05, 0) is 43.4 Å². The largest absolute Gasteiger partial charge is 0.224 e. The SMILES string of the molecule is Cc1ccc(S(=O)(=O)CC(c2ccccc2)C2CC2)cc1. The molecule has 2 aromatic carbocycles. The number of sulfone groups is 1. The Labute approximate surface area is 126 Å². The van der Waals surface area contributed by atoms with E-state index in [0.29, 0.717) is 10.8 Å². The Morgan fingerprint density at radius 2 is 1.62 bits per heavy atom. The third kappa shape index (κ3) is 3.35. The van der Waals surface area contributed by atoms with Crippen LogP contribution >= 0.6 is 0 Å². The first-order valence-electron chi connectivity index (χ1n) is 7.40. The molecule has 3 heteroatoms. The Balaban J connectivity index is 1.87. The molecule has 3 rings (SSSR count). The highest BCUT2D eigenvalue weighted by Crippen LogP contribution is 2.43. The lowest BCUT2D eigenvalue weighted by molar-refractivity contribution is 0.576. The molecular formula is C18H20O2S. The maximum atomic E-state index is 12.7. The van der Waals surface area contributed by atoms with E-state index in [-0.39, 0.29) is 11.7 Å². The lowest BCUT2D eigenvalue weighted by atomic mass is 9.96. The van der Waals surface area contributed by atoms with Crippen molar-refractivity contribution in [3.63, 3.8) is 0 Å². The van der Waals surface area contributed by atoms with Gasteiger partial charge in [0.05, 0.1) is 10.6 Å². The molecule has 1 unspecified atom stereocenters. The van der Waals surface area contributed by atoms with Gasteiger partial charge in [-0.15, -0.1) is 0 Å². The van der Waals surface area contributed by atoms with E-state index in [1.54, 1.807) is 12.1 Å². The predicted octanol–water partition coefficient (Wildman–Crippen LogP) is 3.96. The first-order chi connectivity index (χ1) is 10.1. The number of aryl methyl sites for hydroxylation is 1. The van der Waals surface area contributed by atoms with E-state index in [2.05, 4.69) is 0 Å². The molecule has 0 spiro atoms. The molecule has 1 aliphatic carbocycles. The molecule has 0 radical (unpaired) electrons. The Kier molecular flexibility index (Phi) is 3.85. The fourth-order valence-corrected chi connectivity index (χ4v) is 4.46.